The van der Waals surface area contributed by atoms with E-state index >= 15 is 0 Å². The van der Waals surface area contributed by atoms with E-state index in [0.717, 1.165) is 5.56 Å². The number of nitrogens with zero attached hydrogens (tertiary/aromatic N) is 6. The average molecular weight is 437 g/mol. The lowest BCUT2D eigenvalue weighted by molar-refractivity contribution is 0.374. The van der Waals surface area contributed by atoms with Crippen LogP contribution in [0.5, 0.6) is 6.01 Å². The number of nitrogens with one attached hydrogen (secondary N) is 1. The minimum atomic E-state index is -1.70. The highest BCUT2D eigenvalue weighted by molar-refractivity contribution is 6.61. The van der Waals surface area contributed by atoms with Gasteiger partial charge in [0.1, 0.15) is 5.82 Å². The number of benzene rings is 2. The summed E-state index contributed by atoms with van der Waals surface area (Å²) in [5.41, 5.74) is 1.82. The number of aromatic nitrogens is 5. The Bertz CT molecular complexity index is 1270. The van der Waals surface area contributed by atoms with Crippen LogP contribution >= 0.6 is 0 Å². The van der Waals surface area contributed by atoms with Crippen molar-refractivity contribution in [1.82, 2.24) is 24.7 Å². The molecule has 2 aromatic heterocycles. The van der Waals surface area contributed by atoms with Crippen LogP contribution in [0.15, 0.2) is 42.5 Å². The van der Waals surface area contributed by atoms with Crippen molar-refractivity contribution < 1.29 is 19.2 Å². The minimum Gasteiger partial charge on any atom is -0.468 e. The smallest absolute Gasteiger partial charge is 0.468 e. The van der Waals surface area contributed by atoms with Crippen LogP contribution in [0.2, 0.25) is 0 Å². The highest BCUT2D eigenvalue weighted by atomic mass is 19.1. The van der Waals surface area contributed by atoms with Crippen molar-refractivity contribution in [2.24, 2.45) is 0 Å². The fraction of sp³-hybridized carbons (Fsp3) is 0.200. The van der Waals surface area contributed by atoms with Crippen molar-refractivity contribution in [2.75, 3.05) is 31.4 Å². The molecular formula is C20H21BFN7O3. The van der Waals surface area contributed by atoms with Gasteiger partial charge in [-0.25, -0.2) is 8.96 Å². The van der Waals surface area contributed by atoms with E-state index in [1.165, 1.54) is 23.8 Å². The van der Waals surface area contributed by atoms with Crippen LogP contribution in [-0.2, 0) is 6.54 Å². The Kier molecular flexibility index (Phi) is 5.88. The van der Waals surface area contributed by atoms with E-state index in [4.69, 9.17) is 4.74 Å². The van der Waals surface area contributed by atoms with E-state index in [1.807, 2.05) is 0 Å². The molecule has 4 rings (SSSR count). The van der Waals surface area contributed by atoms with Crippen LogP contribution in [0.3, 0.4) is 0 Å². The summed E-state index contributed by atoms with van der Waals surface area (Å²) in [7, 11) is 3.35. The minimum absolute atomic E-state index is 0.156. The van der Waals surface area contributed by atoms with Crippen molar-refractivity contribution in [2.45, 2.75) is 6.54 Å². The molecule has 0 saturated carbocycles. The third-order valence-corrected chi connectivity index (χ3v) is 4.78. The lowest BCUT2D eigenvalue weighted by Crippen LogP contribution is -2.30. The molecule has 3 N–H and O–H groups in total. The van der Waals surface area contributed by atoms with Gasteiger partial charge in [-0.1, -0.05) is 24.3 Å². The highest BCUT2D eigenvalue weighted by Gasteiger charge is 2.23. The molecule has 0 aliphatic heterocycles. The molecule has 2 aromatic carbocycles. The summed E-state index contributed by atoms with van der Waals surface area (Å²) >= 11 is 0. The Balaban J connectivity index is 1.80. The van der Waals surface area contributed by atoms with Crippen LogP contribution in [-0.4, -0.2) is 63.1 Å². The van der Waals surface area contributed by atoms with Gasteiger partial charge in [0.25, 0.3) is 5.95 Å². The van der Waals surface area contributed by atoms with Gasteiger partial charge in [0.15, 0.2) is 11.6 Å². The maximum Gasteiger partial charge on any atom is 0.490 e. The topological polar surface area (TPSA) is 121 Å². The first-order valence-electron chi connectivity index (χ1n) is 9.71. The summed E-state index contributed by atoms with van der Waals surface area (Å²) in [6.07, 6.45) is 0. The molecule has 0 fully saturated rings. The third kappa shape index (κ3) is 4.05. The van der Waals surface area contributed by atoms with Gasteiger partial charge in [0.2, 0.25) is 0 Å². The van der Waals surface area contributed by atoms with Crippen molar-refractivity contribution in [1.29, 1.82) is 0 Å². The fourth-order valence-corrected chi connectivity index (χ4v) is 3.30. The lowest BCUT2D eigenvalue weighted by atomic mass is 9.79. The number of fused-ring (bicyclic) bond motifs is 1. The van der Waals surface area contributed by atoms with Gasteiger partial charge in [-0.3, -0.25) is 0 Å². The van der Waals surface area contributed by atoms with Gasteiger partial charge in [-0.15, -0.1) is 10.2 Å². The molecule has 2 heterocycles. The zero-order valence-corrected chi connectivity index (χ0v) is 17.7. The van der Waals surface area contributed by atoms with E-state index < -0.39 is 7.12 Å². The maximum atomic E-state index is 13.5. The number of halogens is 1. The van der Waals surface area contributed by atoms with Crippen LogP contribution < -0.4 is 20.4 Å². The summed E-state index contributed by atoms with van der Waals surface area (Å²) in [4.78, 5) is 10.7. The highest BCUT2D eigenvalue weighted by Crippen LogP contribution is 2.26. The first kappa shape index (κ1) is 21.5. The Morgan fingerprint density at radius 1 is 1.12 bits per heavy atom. The summed E-state index contributed by atoms with van der Waals surface area (Å²) in [5.74, 6) is 0.753. The van der Waals surface area contributed by atoms with Crippen molar-refractivity contribution >= 4 is 35.3 Å². The molecule has 0 aliphatic carbocycles. The predicted molar refractivity (Wildman–Crippen MR) is 119 cm³/mol. The van der Waals surface area contributed by atoms with Crippen LogP contribution in [0, 0.1) is 5.82 Å². The van der Waals surface area contributed by atoms with Crippen molar-refractivity contribution in [3.63, 3.8) is 0 Å². The molecular weight excluding hydrogens is 416 g/mol. The SMILES string of the molecule is COc1nc2c(B(O)O)cccc2n1-c1nnc(N(C)C)c(NCc2cccc(F)c2)n1. The Morgan fingerprint density at radius 3 is 2.59 bits per heavy atom. The van der Waals surface area contributed by atoms with Crippen LogP contribution in [0.1, 0.15) is 5.56 Å². The quantitative estimate of drug-likeness (QED) is 0.359. The van der Waals surface area contributed by atoms with E-state index in [9.17, 15) is 14.4 Å². The molecule has 0 radical (unpaired) electrons. The summed E-state index contributed by atoms with van der Waals surface area (Å²) < 4.78 is 20.5. The predicted octanol–water partition coefficient (Wildman–Crippen LogP) is 0.716. The Morgan fingerprint density at radius 2 is 1.91 bits per heavy atom. The van der Waals surface area contributed by atoms with Gasteiger partial charge in [-0.05, 0) is 23.8 Å². The average Bonchev–Trinajstić information content (AvgIpc) is 3.16. The monoisotopic (exact) mass is 437 g/mol. The van der Waals surface area contributed by atoms with Crippen molar-refractivity contribution in [3.8, 4) is 12.0 Å². The second kappa shape index (κ2) is 8.77. The van der Waals surface area contributed by atoms with Gasteiger partial charge in [-0.2, -0.15) is 9.97 Å². The summed E-state index contributed by atoms with van der Waals surface area (Å²) in [6, 6.07) is 11.4. The molecule has 32 heavy (non-hydrogen) atoms. The Labute approximate surface area is 183 Å². The van der Waals surface area contributed by atoms with E-state index in [2.05, 4.69) is 25.5 Å². The number of methoxy groups -OCH3 is 1. The van der Waals surface area contributed by atoms with E-state index in [1.54, 1.807) is 49.3 Å². The largest absolute Gasteiger partial charge is 0.490 e. The first-order valence-corrected chi connectivity index (χ1v) is 9.71. The molecule has 0 aliphatic rings. The molecule has 0 bridgehead atoms. The maximum absolute atomic E-state index is 13.5. The number of hydrogen-bond donors (Lipinski definition) is 3. The van der Waals surface area contributed by atoms with Gasteiger partial charge < -0.3 is 25.0 Å². The number of anilines is 2. The van der Waals surface area contributed by atoms with Crippen LogP contribution in [0.25, 0.3) is 17.0 Å². The molecule has 0 saturated heterocycles. The van der Waals surface area contributed by atoms with Crippen LogP contribution in [0.4, 0.5) is 16.0 Å². The number of rotatable bonds is 7. The van der Waals surface area contributed by atoms with Crippen molar-refractivity contribution in [3.05, 3.63) is 53.8 Å². The van der Waals surface area contributed by atoms with Gasteiger partial charge >= 0.3 is 13.1 Å². The number of imidazole rings is 1. The zero-order valence-electron chi connectivity index (χ0n) is 17.7. The number of para-hydroxylation sites is 1. The summed E-state index contributed by atoms with van der Waals surface area (Å²) in [5, 5.41) is 31.0. The number of ether oxygens (including phenoxy) is 1. The Hall–Kier alpha value is -3.77. The fourth-order valence-electron chi connectivity index (χ4n) is 3.30. The molecule has 0 spiro atoms. The van der Waals surface area contributed by atoms with Gasteiger partial charge in [0, 0.05) is 26.1 Å². The molecule has 0 atom stereocenters. The van der Waals surface area contributed by atoms with E-state index in [0.29, 0.717) is 29.2 Å². The third-order valence-electron chi connectivity index (χ3n) is 4.78. The number of hydrogen-bond acceptors (Lipinski definition) is 9. The molecule has 164 valence electrons. The lowest BCUT2D eigenvalue weighted by Gasteiger charge is -2.17. The standard InChI is InChI=1S/C20H21BFN7O3/c1-28(2)18-17(23-11-12-6-4-7-13(22)10-12)25-19(27-26-18)29-15-9-5-8-14(21(30)31)16(15)24-20(29)32-3/h4-10,30-31H,11H2,1-3H3,(H,23,25,27). The normalized spacial score (nSPS) is 10.9. The zero-order chi connectivity index (χ0) is 22.8. The molecule has 4 aromatic rings. The van der Waals surface area contributed by atoms with E-state index in [-0.39, 0.29) is 23.2 Å². The molecule has 0 amide bonds. The summed E-state index contributed by atoms with van der Waals surface area (Å²) in [6.45, 7) is 0.319. The molecule has 12 heteroatoms. The second-order valence-corrected chi connectivity index (χ2v) is 7.18. The molecule has 10 nitrogen and oxygen atoms in total. The first-order chi connectivity index (χ1) is 15.4. The molecule has 0 unspecified atom stereocenters. The van der Waals surface area contributed by atoms with Gasteiger partial charge in [0.05, 0.1) is 18.1 Å². The second-order valence-electron chi connectivity index (χ2n) is 7.18.